The predicted molar refractivity (Wildman–Crippen MR) is 80.4 cm³/mol. The quantitative estimate of drug-likeness (QED) is 0.770. The topological polar surface area (TPSA) is 53.3 Å². The number of carbonyl (C=O) groups is 1. The molecule has 0 fully saturated rings. The van der Waals surface area contributed by atoms with Gasteiger partial charge in [0.1, 0.15) is 5.82 Å². The molecule has 0 atom stereocenters. The third-order valence-corrected chi connectivity index (χ3v) is 3.53. The summed E-state index contributed by atoms with van der Waals surface area (Å²) < 4.78 is 12.3. The molecule has 0 bridgehead atoms. The third kappa shape index (κ3) is 3.36. The molecule has 2 rings (SSSR count). The van der Waals surface area contributed by atoms with Gasteiger partial charge in [-0.3, -0.25) is 4.79 Å². The van der Waals surface area contributed by atoms with Crippen LogP contribution in [0.3, 0.4) is 0 Å². The van der Waals surface area contributed by atoms with Crippen molar-refractivity contribution in [2.24, 2.45) is 7.05 Å². The number of nitrogens with zero attached hydrogens (tertiary/aromatic N) is 2. The summed E-state index contributed by atoms with van der Waals surface area (Å²) in [6.45, 7) is 0. The maximum absolute atomic E-state index is 12.3. The molecule has 2 aromatic rings. The van der Waals surface area contributed by atoms with E-state index in [4.69, 9.17) is 21.1 Å². The minimum absolute atomic E-state index is 0.0131. The molecule has 0 saturated heterocycles. The van der Waals surface area contributed by atoms with E-state index in [1.807, 2.05) is 17.8 Å². The fourth-order valence-corrected chi connectivity index (χ4v) is 2.37. The zero-order chi connectivity index (χ0) is 15.4. The van der Waals surface area contributed by atoms with Crippen LogP contribution >= 0.6 is 11.6 Å². The Bertz CT molecular complexity index is 652. The van der Waals surface area contributed by atoms with E-state index in [2.05, 4.69) is 4.98 Å². The van der Waals surface area contributed by atoms with E-state index < -0.39 is 0 Å². The van der Waals surface area contributed by atoms with Crippen LogP contribution < -0.4 is 9.47 Å². The van der Waals surface area contributed by atoms with Gasteiger partial charge in [-0.15, -0.1) is 0 Å². The van der Waals surface area contributed by atoms with Gasteiger partial charge >= 0.3 is 0 Å². The van der Waals surface area contributed by atoms with Gasteiger partial charge in [-0.2, -0.15) is 0 Å². The van der Waals surface area contributed by atoms with E-state index in [1.54, 1.807) is 18.3 Å². The summed E-state index contributed by atoms with van der Waals surface area (Å²) in [5.41, 5.74) is 0.506. The van der Waals surface area contributed by atoms with Gasteiger partial charge in [-0.1, -0.05) is 11.6 Å². The number of halogens is 1. The second-order valence-electron chi connectivity index (χ2n) is 4.57. The van der Waals surface area contributed by atoms with Gasteiger partial charge in [0.05, 0.1) is 19.2 Å². The van der Waals surface area contributed by atoms with Crippen LogP contribution in [-0.2, 0) is 13.5 Å². The highest BCUT2D eigenvalue weighted by Crippen LogP contribution is 2.36. The molecule has 0 amide bonds. The molecule has 1 aromatic heterocycles. The Labute approximate surface area is 128 Å². The number of hydrogen-bond donors (Lipinski definition) is 0. The minimum Gasteiger partial charge on any atom is -0.493 e. The first-order valence-corrected chi connectivity index (χ1v) is 6.85. The van der Waals surface area contributed by atoms with Crippen molar-refractivity contribution in [3.63, 3.8) is 0 Å². The fourth-order valence-electron chi connectivity index (χ4n) is 2.09. The van der Waals surface area contributed by atoms with E-state index in [9.17, 15) is 4.79 Å². The average molecular weight is 309 g/mol. The van der Waals surface area contributed by atoms with Crippen LogP contribution in [0.1, 0.15) is 22.6 Å². The van der Waals surface area contributed by atoms with E-state index in [0.29, 0.717) is 34.9 Å². The number of ether oxygens (including phenoxy) is 2. The summed E-state index contributed by atoms with van der Waals surface area (Å²) in [6.07, 6.45) is 4.51. The molecule has 0 aliphatic rings. The molecule has 0 unspecified atom stereocenters. The van der Waals surface area contributed by atoms with Crippen molar-refractivity contribution in [2.75, 3.05) is 14.2 Å². The van der Waals surface area contributed by atoms with Crippen molar-refractivity contribution in [3.8, 4) is 11.5 Å². The number of carbonyl (C=O) groups excluding carboxylic acids is 1. The van der Waals surface area contributed by atoms with Crippen molar-refractivity contribution < 1.29 is 14.3 Å². The van der Waals surface area contributed by atoms with Crippen LogP contribution in [0, 0.1) is 0 Å². The molecule has 1 heterocycles. The first kappa shape index (κ1) is 15.4. The average Bonchev–Trinajstić information content (AvgIpc) is 2.89. The number of benzene rings is 1. The highest BCUT2D eigenvalue weighted by molar-refractivity contribution is 6.32. The third-order valence-electron chi connectivity index (χ3n) is 3.25. The summed E-state index contributed by atoms with van der Waals surface area (Å²) in [4.78, 5) is 16.5. The monoisotopic (exact) mass is 308 g/mol. The van der Waals surface area contributed by atoms with Crippen molar-refractivity contribution in [1.82, 2.24) is 9.55 Å². The number of hydrogen-bond acceptors (Lipinski definition) is 4. The lowest BCUT2D eigenvalue weighted by atomic mass is 10.1. The number of aromatic nitrogens is 2. The van der Waals surface area contributed by atoms with Crippen molar-refractivity contribution in [3.05, 3.63) is 40.9 Å². The molecule has 0 aliphatic carbocycles. The first-order valence-electron chi connectivity index (χ1n) is 6.47. The van der Waals surface area contributed by atoms with Crippen LogP contribution in [0.15, 0.2) is 24.5 Å². The molecule has 5 nitrogen and oxygen atoms in total. The summed E-state index contributed by atoms with van der Waals surface area (Å²) >= 11 is 6.11. The zero-order valence-corrected chi connectivity index (χ0v) is 13.0. The Morgan fingerprint density at radius 1 is 1.33 bits per heavy atom. The van der Waals surface area contributed by atoms with Crippen LogP contribution in [0.25, 0.3) is 0 Å². The highest BCUT2D eigenvalue weighted by atomic mass is 35.5. The Morgan fingerprint density at radius 3 is 2.67 bits per heavy atom. The molecule has 0 saturated carbocycles. The molecule has 0 spiro atoms. The second kappa shape index (κ2) is 6.63. The van der Waals surface area contributed by atoms with E-state index in [1.165, 1.54) is 14.2 Å². The molecule has 1 aromatic carbocycles. The molecular formula is C15H17ClN2O3. The number of methoxy groups -OCH3 is 2. The van der Waals surface area contributed by atoms with Gasteiger partial charge in [0.15, 0.2) is 17.3 Å². The largest absolute Gasteiger partial charge is 0.493 e. The lowest BCUT2D eigenvalue weighted by Crippen LogP contribution is -2.05. The predicted octanol–water partition coefficient (Wildman–Crippen LogP) is 2.91. The minimum atomic E-state index is -0.0131. The van der Waals surface area contributed by atoms with Crippen LogP contribution in [0.5, 0.6) is 11.5 Å². The van der Waals surface area contributed by atoms with Crippen LogP contribution in [-0.4, -0.2) is 29.6 Å². The SMILES string of the molecule is COc1cc(C(=O)CCc2nccn2C)cc(Cl)c1OC. The molecule has 21 heavy (non-hydrogen) atoms. The fraction of sp³-hybridized carbons (Fsp3) is 0.333. The number of ketones is 1. The van der Waals surface area contributed by atoms with E-state index in [-0.39, 0.29) is 5.78 Å². The Balaban J connectivity index is 2.16. The summed E-state index contributed by atoms with van der Waals surface area (Å²) in [5, 5.41) is 0.359. The summed E-state index contributed by atoms with van der Waals surface area (Å²) in [6, 6.07) is 3.25. The highest BCUT2D eigenvalue weighted by Gasteiger charge is 2.15. The standard InChI is InChI=1S/C15H17ClN2O3/c1-18-7-6-17-14(18)5-4-12(19)10-8-11(16)15(21-3)13(9-10)20-2/h6-9H,4-5H2,1-3H3. The number of rotatable bonds is 6. The van der Waals surface area contributed by atoms with E-state index in [0.717, 1.165) is 5.82 Å². The number of Topliss-reactive ketones (excluding diaryl/α,β-unsaturated/α-hetero) is 1. The van der Waals surface area contributed by atoms with Crippen molar-refractivity contribution in [1.29, 1.82) is 0 Å². The Hall–Kier alpha value is -2.01. The molecule has 0 radical (unpaired) electrons. The maximum Gasteiger partial charge on any atom is 0.179 e. The Morgan fingerprint density at radius 2 is 2.10 bits per heavy atom. The smallest absolute Gasteiger partial charge is 0.179 e. The van der Waals surface area contributed by atoms with Crippen molar-refractivity contribution in [2.45, 2.75) is 12.8 Å². The van der Waals surface area contributed by atoms with Gasteiger partial charge in [-0.05, 0) is 12.1 Å². The molecular weight excluding hydrogens is 292 g/mol. The molecule has 0 aliphatic heterocycles. The maximum atomic E-state index is 12.3. The number of aryl methyl sites for hydroxylation is 2. The molecule has 0 N–H and O–H groups in total. The van der Waals surface area contributed by atoms with E-state index >= 15 is 0 Å². The van der Waals surface area contributed by atoms with Gasteiger partial charge in [0, 0.05) is 37.8 Å². The second-order valence-corrected chi connectivity index (χ2v) is 4.98. The number of imidazole rings is 1. The van der Waals surface area contributed by atoms with Gasteiger partial charge in [0.2, 0.25) is 0 Å². The van der Waals surface area contributed by atoms with Crippen LogP contribution in [0.2, 0.25) is 5.02 Å². The molecule has 6 heteroatoms. The van der Waals surface area contributed by atoms with Crippen LogP contribution in [0.4, 0.5) is 0 Å². The van der Waals surface area contributed by atoms with Gasteiger partial charge in [0.25, 0.3) is 0 Å². The van der Waals surface area contributed by atoms with Gasteiger partial charge < -0.3 is 14.0 Å². The Kier molecular flexibility index (Phi) is 4.85. The lowest BCUT2D eigenvalue weighted by Gasteiger charge is -2.11. The molecule has 112 valence electrons. The first-order chi connectivity index (χ1) is 10.1. The normalized spacial score (nSPS) is 10.5. The van der Waals surface area contributed by atoms with Crippen molar-refractivity contribution >= 4 is 17.4 Å². The lowest BCUT2D eigenvalue weighted by molar-refractivity contribution is 0.0981. The van der Waals surface area contributed by atoms with Gasteiger partial charge in [-0.25, -0.2) is 4.98 Å². The summed E-state index contributed by atoms with van der Waals surface area (Å²) in [5.74, 6) is 1.74. The summed E-state index contributed by atoms with van der Waals surface area (Å²) in [7, 11) is 4.92. The zero-order valence-electron chi connectivity index (χ0n) is 12.2.